The molecule has 0 saturated carbocycles. The Balaban J connectivity index is 0.00000208. The average Bonchev–Trinajstić information content (AvgIpc) is 3.03. The Morgan fingerprint density at radius 2 is 1.79 bits per heavy atom. The number of aryl methyl sites for hydroxylation is 1. The van der Waals surface area contributed by atoms with Crippen molar-refractivity contribution in [1.82, 2.24) is 4.90 Å². The second kappa shape index (κ2) is 8.74. The van der Waals surface area contributed by atoms with Crippen LogP contribution in [0.4, 0.5) is 5.69 Å². The van der Waals surface area contributed by atoms with Crippen LogP contribution in [0.15, 0.2) is 54.6 Å². The van der Waals surface area contributed by atoms with E-state index in [9.17, 15) is 4.79 Å². The monoisotopic (exact) mass is 344 g/mol. The number of nitrogens with zero attached hydrogens (tertiary/aromatic N) is 1. The van der Waals surface area contributed by atoms with Gasteiger partial charge in [0.2, 0.25) is 5.91 Å². The Kier molecular flexibility index (Phi) is 6.68. The third-order valence-corrected chi connectivity index (χ3v) is 4.67. The molecular weight excluding hydrogens is 320 g/mol. The van der Waals surface area contributed by atoms with Gasteiger partial charge in [0.15, 0.2) is 0 Å². The van der Waals surface area contributed by atoms with Crippen LogP contribution in [0.2, 0.25) is 0 Å². The molecule has 0 radical (unpaired) electrons. The van der Waals surface area contributed by atoms with E-state index in [2.05, 4.69) is 24.3 Å². The Morgan fingerprint density at radius 3 is 2.54 bits per heavy atom. The van der Waals surface area contributed by atoms with Gasteiger partial charge in [-0.2, -0.15) is 0 Å². The van der Waals surface area contributed by atoms with Crippen LogP contribution >= 0.6 is 12.4 Å². The van der Waals surface area contributed by atoms with E-state index in [1.54, 1.807) is 0 Å². The van der Waals surface area contributed by atoms with Gasteiger partial charge in [0, 0.05) is 25.2 Å². The second-order valence-corrected chi connectivity index (χ2v) is 6.38. The van der Waals surface area contributed by atoms with Gasteiger partial charge in [-0.1, -0.05) is 48.5 Å². The summed E-state index contributed by atoms with van der Waals surface area (Å²) in [7, 11) is 0. The maximum absolute atomic E-state index is 12.4. The number of para-hydroxylation sites is 1. The molecule has 1 fully saturated rings. The average molecular weight is 345 g/mol. The Bertz CT molecular complexity index is 660. The number of hydrogen-bond donors (Lipinski definition) is 1. The highest BCUT2D eigenvalue weighted by atomic mass is 35.5. The molecule has 1 aliphatic heterocycles. The van der Waals surface area contributed by atoms with Gasteiger partial charge in [0.05, 0.1) is 0 Å². The lowest BCUT2D eigenvalue weighted by Crippen LogP contribution is -2.29. The summed E-state index contributed by atoms with van der Waals surface area (Å²) in [5.41, 5.74) is 9.16. The standard InChI is InChI=1S/C20H24N2O.ClH/c21-19-9-5-4-8-18(19)10-11-20(23)22-13-12-17(15-22)14-16-6-2-1-3-7-16;/h1-9,17H,10-15,21H2;1H. The summed E-state index contributed by atoms with van der Waals surface area (Å²) in [6, 6.07) is 18.3. The first-order valence-corrected chi connectivity index (χ1v) is 8.37. The zero-order chi connectivity index (χ0) is 16.1. The third-order valence-electron chi connectivity index (χ3n) is 4.67. The number of halogens is 1. The van der Waals surface area contributed by atoms with Gasteiger partial charge in [0.1, 0.15) is 0 Å². The number of rotatable bonds is 5. The van der Waals surface area contributed by atoms with Gasteiger partial charge in [-0.05, 0) is 42.4 Å². The van der Waals surface area contributed by atoms with E-state index >= 15 is 0 Å². The molecule has 1 amide bonds. The van der Waals surface area contributed by atoms with E-state index in [0.29, 0.717) is 12.3 Å². The van der Waals surface area contributed by atoms with Crippen molar-refractivity contribution in [3.8, 4) is 0 Å². The molecule has 1 aliphatic rings. The van der Waals surface area contributed by atoms with E-state index in [-0.39, 0.29) is 18.3 Å². The molecule has 2 N–H and O–H groups in total. The molecule has 2 aromatic rings. The number of likely N-dealkylation sites (tertiary alicyclic amines) is 1. The van der Waals surface area contributed by atoms with Crippen LogP contribution < -0.4 is 5.73 Å². The number of nitrogens with two attached hydrogens (primary N) is 1. The van der Waals surface area contributed by atoms with Crippen molar-refractivity contribution in [3.63, 3.8) is 0 Å². The van der Waals surface area contributed by atoms with Crippen molar-refractivity contribution in [3.05, 3.63) is 65.7 Å². The fourth-order valence-corrected chi connectivity index (χ4v) is 3.33. The van der Waals surface area contributed by atoms with Crippen LogP contribution in [0, 0.1) is 5.92 Å². The molecule has 1 saturated heterocycles. The largest absolute Gasteiger partial charge is 0.399 e. The number of hydrogen-bond acceptors (Lipinski definition) is 2. The first-order chi connectivity index (χ1) is 11.2. The summed E-state index contributed by atoms with van der Waals surface area (Å²) < 4.78 is 0. The predicted octanol–water partition coefficient (Wildman–Crippen LogP) is 3.71. The van der Waals surface area contributed by atoms with Crippen LogP contribution in [-0.4, -0.2) is 23.9 Å². The molecule has 24 heavy (non-hydrogen) atoms. The van der Waals surface area contributed by atoms with Gasteiger partial charge in [0.25, 0.3) is 0 Å². The minimum atomic E-state index is 0. The van der Waals surface area contributed by atoms with Crippen LogP contribution in [0.3, 0.4) is 0 Å². The summed E-state index contributed by atoms with van der Waals surface area (Å²) in [6.07, 6.45) is 3.45. The van der Waals surface area contributed by atoms with Crippen molar-refractivity contribution in [2.45, 2.75) is 25.7 Å². The fraction of sp³-hybridized carbons (Fsp3) is 0.350. The Labute approximate surface area is 150 Å². The summed E-state index contributed by atoms with van der Waals surface area (Å²) in [5.74, 6) is 0.840. The summed E-state index contributed by atoms with van der Waals surface area (Å²) in [4.78, 5) is 14.4. The van der Waals surface area contributed by atoms with Crippen LogP contribution in [0.25, 0.3) is 0 Å². The highest BCUT2D eigenvalue weighted by Gasteiger charge is 2.25. The van der Waals surface area contributed by atoms with E-state index in [1.807, 2.05) is 35.2 Å². The maximum Gasteiger partial charge on any atom is 0.222 e. The first-order valence-electron chi connectivity index (χ1n) is 8.37. The van der Waals surface area contributed by atoms with Crippen molar-refractivity contribution in [2.24, 2.45) is 5.92 Å². The number of nitrogen functional groups attached to an aromatic ring is 1. The van der Waals surface area contributed by atoms with Crippen LogP contribution in [-0.2, 0) is 17.6 Å². The van der Waals surface area contributed by atoms with Crippen molar-refractivity contribution >= 4 is 24.0 Å². The van der Waals surface area contributed by atoms with Gasteiger partial charge in [-0.25, -0.2) is 0 Å². The van der Waals surface area contributed by atoms with Crippen molar-refractivity contribution < 1.29 is 4.79 Å². The van der Waals surface area contributed by atoms with Crippen molar-refractivity contribution in [1.29, 1.82) is 0 Å². The molecule has 0 aromatic heterocycles. The van der Waals surface area contributed by atoms with Gasteiger partial charge in [-0.15, -0.1) is 12.4 Å². The van der Waals surface area contributed by atoms with Crippen molar-refractivity contribution in [2.75, 3.05) is 18.8 Å². The molecule has 4 heteroatoms. The topological polar surface area (TPSA) is 46.3 Å². The van der Waals surface area contributed by atoms with E-state index in [1.165, 1.54) is 5.56 Å². The zero-order valence-electron chi connectivity index (χ0n) is 13.9. The molecule has 1 unspecified atom stereocenters. The zero-order valence-corrected chi connectivity index (χ0v) is 14.7. The SMILES string of the molecule is Cl.Nc1ccccc1CCC(=O)N1CCC(Cc2ccccc2)C1. The number of benzene rings is 2. The Hall–Kier alpha value is -2.00. The van der Waals surface area contributed by atoms with Gasteiger partial charge in [-0.3, -0.25) is 4.79 Å². The molecule has 3 rings (SSSR count). The molecule has 3 nitrogen and oxygen atoms in total. The quantitative estimate of drug-likeness (QED) is 0.840. The lowest BCUT2D eigenvalue weighted by molar-refractivity contribution is -0.130. The maximum atomic E-state index is 12.4. The lowest BCUT2D eigenvalue weighted by atomic mass is 9.99. The fourth-order valence-electron chi connectivity index (χ4n) is 3.33. The normalized spacial score (nSPS) is 16.7. The molecule has 2 aromatic carbocycles. The summed E-state index contributed by atoms with van der Waals surface area (Å²) >= 11 is 0. The predicted molar refractivity (Wildman–Crippen MR) is 101 cm³/mol. The van der Waals surface area contributed by atoms with Crippen LogP contribution in [0.5, 0.6) is 0 Å². The molecule has 0 aliphatic carbocycles. The van der Waals surface area contributed by atoms with Gasteiger partial charge >= 0.3 is 0 Å². The molecule has 1 heterocycles. The van der Waals surface area contributed by atoms with E-state index in [0.717, 1.165) is 43.6 Å². The number of amides is 1. The second-order valence-electron chi connectivity index (χ2n) is 6.38. The minimum absolute atomic E-state index is 0. The highest BCUT2D eigenvalue weighted by Crippen LogP contribution is 2.22. The lowest BCUT2D eigenvalue weighted by Gasteiger charge is -2.17. The first kappa shape index (κ1) is 18.3. The molecule has 1 atom stereocenters. The van der Waals surface area contributed by atoms with Gasteiger partial charge < -0.3 is 10.6 Å². The molecule has 0 spiro atoms. The number of anilines is 1. The smallest absolute Gasteiger partial charge is 0.222 e. The minimum Gasteiger partial charge on any atom is -0.399 e. The van der Waals surface area contributed by atoms with E-state index in [4.69, 9.17) is 5.73 Å². The summed E-state index contributed by atoms with van der Waals surface area (Å²) in [5, 5.41) is 0. The molecule has 0 bridgehead atoms. The highest BCUT2D eigenvalue weighted by molar-refractivity contribution is 5.85. The molecule has 128 valence electrons. The number of carbonyl (C=O) groups is 1. The number of carbonyl (C=O) groups excluding carboxylic acids is 1. The summed E-state index contributed by atoms with van der Waals surface area (Å²) in [6.45, 7) is 1.78. The van der Waals surface area contributed by atoms with E-state index < -0.39 is 0 Å². The third kappa shape index (κ3) is 4.75. The Morgan fingerprint density at radius 1 is 1.08 bits per heavy atom. The molecular formula is C20H25ClN2O. The van der Waals surface area contributed by atoms with Crippen LogP contribution in [0.1, 0.15) is 24.0 Å².